The fourth-order valence-electron chi connectivity index (χ4n) is 2.92. The first-order valence-corrected chi connectivity index (χ1v) is 9.43. The SMILES string of the molecule is COc1ccc(-c2nc(C(O)CC(S)CO)[nH]c2-c2ccc(OC)cc2)cc1. The molecule has 0 aliphatic carbocycles. The number of ether oxygens (including phenoxy) is 2. The van der Waals surface area contributed by atoms with E-state index in [2.05, 4.69) is 22.6 Å². The van der Waals surface area contributed by atoms with Crippen molar-refractivity contribution in [3.05, 3.63) is 54.4 Å². The summed E-state index contributed by atoms with van der Waals surface area (Å²) in [6.07, 6.45) is -0.573. The van der Waals surface area contributed by atoms with Gasteiger partial charge in [0.2, 0.25) is 0 Å². The first-order chi connectivity index (χ1) is 13.5. The van der Waals surface area contributed by atoms with Crippen LogP contribution in [0.5, 0.6) is 11.5 Å². The third-order valence-electron chi connectivity index (χ3n) is 4.49. The number of benzene rings is 2. The number of hydrogen-bond donors (Lipinski definition) is 4. The average Bonchev–Trinajstić information content (AvgIpc) is 3.19. The molecule has 1 heterocycles. The van der Waals surface area contributed by atoms with Gasteiger partial charge in [0.15, 0.2) is 0 Å². The van der Waals surface area contributed by atoms with Crippen LogP contribution in [0.25, 0.3) is 22.5 Å². The van der Waals surface area contributed by atoms with Gasteiger partial charge in [-0.2, -0.15) is 12.6 Å². The molecule has 6 nitrogen and oxygen atoms in total. The second kappa shape index (κ2) is 9.14. The van der Waals surface area contributed by atoms with Gasteiger partial charge in [0.25, 0.3) is 0 Å². The molecule has 0 fully saturated rings. The molecule has 0 saturated heterocycles. The largest absolute Gasteiger partial charge is 0.497 e. The van der Waals surface area contributed by atoms with Crippen molar-refractivity contribution in [2.75, 3.05) is 20.8 Å². The van der Waals surface area contributed by atoms with Gasteiger partial charge in [0.1, 0.15) is 23.4 Å². The molecule has 0 aliphatic heterocycles. The molecule has 148 valence electrons. The Labute approximate surface area is 169 Å². The number of H-pyrrole nitrogens is 1. The second-order valence-corrected chi connectivity index (χ2v) is 7.12. The third-order valence-corrected chi connectivity index (χ3v) is 4.86. The van der Waals surface area contributed by atoms with Crippen molar-refractivity contribution in [1.29, 1.82) is 0 Å². The number of aromatic amines is 1. The van der Waals surface area contributed by atoms with E-state index in [0.29, 0.717) is 5.82 Å². The molecule has 28 heavy (non-hydrogen) atoms. The highest BCUT2D eigenvalue weighted by molar-refractivity contribution is 7.81. The average molecular weight is 401 g/mol. The lowest BCUT2D eigenvalue weighted by molar-refractivity contribution is 0.147. The van der Waals surface area contributed by atoms with Crippen LogP contribution < -0.4 is 9.47 Å². The van der Waals surface area contributed by atoms with Crippen molar-refractivity contribution in [2.24, 2.45) is 0 Å². The Balaban J connectivity index is 2.03. The van der Waals surface area contributed by atoms with Gasteiger partial charge < -0.3 is 24.7 Å². The molecule has 0 bridgehead atoms. The van der Waals surface area contributed by atoms with Crippen LogP contribution in [0.3, 0.4) is 0 Å². The molecular formula is C21H24N2O4S. The van der Waals surface area contributed by atoms with Gasteiger partial charge in [-0.3, -0.25) is 0 Å². The Morgan fingerprint density at radius 1 is 0.964 bits per heavy atom. The van der Waals surface area contributed by atoms with E-state index in [0.717, 1.165) is 34.0 Å². The fourth-order valence-corrected chi connectivity index (χ4v) is 3.12. The Morgan fingerprint density at radius 2 is 1.50 bits per heavy atom. The van der Waals surface area contributed by atoms with Crippen molar-refractivity contribution >= 4 is 12.6 Å². The highest BCUT2D eigenvalue weighted by atomic mass is 32.1. The summed E-state index contributed by atoms with van der Waals surface area (Å²) in [5.74, 6) is 1.95. The Bertz CT molecular complexity index is 829. The maximum Gasteiger partial charge on any atom is 0.136 e. The van der Waals surface area contributed by atoms with E-state index >= 15 is 0 Å². The number of methoxy groups -OCH3 is 2. The molecular weight excluding hydrogens is 376 g/mol. The highest BCUT2D eigenvalue weighted by Crippen LogP contribution is 2.34. The van der Waals surface area contributed by atoms with Crippen LogP contribution in [0.2, 0.25) is 0 Å². The Kier molecular flexibility index (Phi) is 6.61. The maximum atomic E-state index is 10.5. The number of rotatable bonds is 8. The molecule has 1 aromatic heterocycles. The van der Waals surface area contributed by atoms with Gasteiger partial charge in [-0.25, -0.2) is 4.98 Å². The van der Waals surface area contributed by atoms with Crippen LogP contribution in [0, 0.1) is 0 Å². The predicted octanol–water partition coefficient (Wildman–Crippen LogP) is 3.48. The summed E-state index contributed by atoms with van der Waals surface area (Å²) in [5.41, 5.74) is 3.33. The topological polar surface area (TPSA) is 87.6 Å². The van der Waals surface area contributed by atoms with E-state index in [1.807, 2.05) is 48.5 Å². The smallest absolute Gasteiger partial charge is 0.136 e. The van der Waals surface area contributed by atoms with E-state index in [-0.39, 0.29) is 18.3 Å². The van der Waals surface area contributed by atoms with Crippen molar-refractivity contribution in [2.45, 2.75) is 17.8 Å². The van der Waals surface area contributed by atoms with Crippen LogP contribution in [0.1, 0.15) is 18.3 Å². The van der Waals surface area contributed by atoms with Gasteiger partial charge in [-0.1, -0.05) is 0 Å². The quantitative estimate of drug-likeness (QED) is 0.435. The second-order valence-electron chi connectivity index (χ2n) is 6.39. The standard InChI is InChI=1S/C21H24N2O4S/c1-26-15-7-3-13(4-8-15)19-20(14-5-9-16(27-2)10-6-14)23-21(22-19)18(25)11-17(28)12-24/h3-10,17-18,24-25,28H,11-12H2,1-2H3,(H,22,23). The molecule has 0 aliphatic rings. The normalized spacial score (nSPS) is 13.2. The van der Waals surface area contributed by atoms with E-state index in [4.69, 9.17) is 9.47 Å². The molecule has 3 rings (SSSR count). The minimum Gasteiger partial charge on any atom is -0.497 e. The summed E-state index contributed by atoms with van der Waals surface area (Å²) in [6.45, 7) is -0.114. The highest BCUT2D eigenvalue weighted by Gasteiger charge is 2.20. The van der Waals surface area contributed by atoms with E-state index < -0.39 is 6.10 Å². The van der Waals surface area contributed by atoms with Crippen LogP contribution in [-0.2, 0) is 0 Å². The number of nitrogens with zero attached hydrogens (tertiary/aromatic N) is 1. The zero-order valence-corrected chi connectivity index (χ0v) is 16.7. The van der Waals surface area contributed by atoms with Crippen LogP contribution >= 0.6 is 12.6 Å². The molecule has 3 N–H and O–H groups in total. The van der Waals surface area contributed by atoms with Crippen LogP contribution in [0.4, 0.5) is 0 Å². The molecule has 2 unspecified atom stereocenters. The molecule has 2 atom stereocenters. The summed E-state index contributed by atoms with van der Waals surface area (Å²) in [4.78, 5) is 7.89. The van der Waals surface area contributed by atoms with Crippen LogP contribution in [-0.4, -0.2) is 46.3 Å². The summed E-state index contributed by atoms with van der Waals surface area (Å²) in [5, 5.41) is 19.4. The van der Waals surface area contributed by atoms with Gasteiger partial charge >= 0.3 is 0 Å². The lowest BCUT2D eigenvalue weighted by Gasteiger charge is -2.11. The number of aliphatic hydroxyl groups excluding tert-OH is 2. The molecule has 0 saturated carbocycles. The summed E-state index contributed by atoms with van der Waals surface area (Å²) in [7, 11) is 3.24. The van der Waals surface area contributed by atoms with E-state index in [9.17, 15) is 10.2 Å². The van der Waals surface area contributed by atoms with E-state index in [1.54, 1.807) is 14.2 Å². The fraction of sp³-hybridized carbons (Fsp3) is 0.286. The first-order valence-electron chi connectivity index (χ1n) is 8.91. The maximum absolute atomic E-state index is 10.5. The number of imidazole rings is 1. The van der Waals surface area contributed by atoms with E-state index in [1.165, 1.54) is 0 Å². The summed E-state index contributed by atoms with van der Waals surface area (Å²) < 4.78 is 10.5. The molecule has 0 spiro atoms. The molecule has 2 aromatic carbocycles. The van der Waals surface area contributed by atoms with Crippen molar-refractivity contribution in [1.82, 2.24) is 9.97 Å². The summed E-state index contributed by atoms with van der Waals surface area (Å²) in [6, 6.07) is 15.2. The zero-order valence-electron chi connectivity index (χ0n) is 15.8. The number of nitrogens with one attached hydrogen (secondary N) is 1. The van der Waals surface area contributed by atoms with Crippen LogP contribution in [0.15, 0.2) is 48.5 Å². The molecule has 0 amide bonds. The minimum absolute atomic E-state index is 0.114. The first kappa shape index (κ1) is 20.3. The lowest BCUT2D eigenvalue weighted by Crippen LogP contribution is -2.11. The van der Waals surface area contributed by atoms with Gasteiger partial charge in [0, 0.05) is 16.4 Å². The summed E-state index contributed by atoms with van der Waals surface area (Å²) >= 11 is 4.26. The van der Waals surface area contributed by atoms with Crippen molar-refractivity contribution in [3.63, 3.8) is 0 Å². The number of hydrogen-bond acceptors (Lipinski definition) is 6. The van der Waals surface area contributed by atoms with Gasteiger partial charge in [-0.15, -0.1) is 0 Å². The molecule has 3 aromatic rings. The lowest BCUT2D eigenvalue weighted by atomic mass is 10.0. The van der Waals surface area contributed by atoms with Crippen molar-refractivity contribution in [3.8, 4) is 34.0 Å². The Morgan fingerprint density at radius 3 is 2.00 bits per heavy atom. The molecule has 7 heteroatoms. The number of aromatic nitrogens is 2. The van der Waals surface area contributed by atoms with Crippen molar-refractivity contribution < 1.29 is 19.7 Å². The number of thiol groups is 1. The third kappa shape index (κ3) is 4.49. The van der Waals surface area contributed by atoms with Gasteiger partial charge in [0.05, 0.1) is 32.2 Å². The predicted molar refractivity (Wildman–Crippen MR) is 112 cm³/mol. The molecule has 0 radical (unpaired) electrons. The Hall–Kier alpha value is -2.48. The zero-order chi connectivity index (χ0) is 20.1. The minimum atomic E-state index is -0.862. The monoisotopic (exact) mass is 400 g/mol. The number of aliphatic hydroxyl groups is 2. The van der Waals surface area contributed by atoms with Gasteiger partial charge in [-0.05, 0) is 55.0 Å².